The topological polar surface area (TPSA) is 79.4 Å². The molecule has 3 aromatic rings. The third-order valence-corrected chi connectivity index (χ3v) is 7.11. The molecular weight excluding hydrogens is 476 g/mol. The van der Waals surface area contributed by atoms with Crippen molar-refractivity contribution in [3.8, 4) is 5.75 Å². The molecule has 182 valence electrons. The van der Waals surface area contributed by atoms with Crippen LogP contribution < -0.4 is 15.4 Å². The summed E-state index contributed by atoms with van der Waals surface area (Å²) >= 11 is 5.73. The number of piperidine rings is 1. The predicted molar refractivity (Wildman–Crippen MR) is 131 cm³/mol. The van der Waals surface area contributed by atoms with Crippen molar-refractivity contribution in [3.05, 3.63) is 59.9 Å². The number of hydrogen-bond acceptors (Lipinski definition) is 6. The second-order valence-electron chi connectivity index (χ2n) is 8.79. The molecule has 35 heavy (non-hydrogen) atoms. The van der Waals surface area contributed by atoms with Crippen molar-refractivity contribution in [3.63, 3.8) is 0 Å². The molecule has 7 nitrogen and oxygen atoms in total. The minimum absolute atomic E-state index is 0.00226. The molecule has 2 bridgehead atoms. The molecule has 0 saturated carbocycles. The van der Waals surface area contributed by atoms with Crippen LogP contribution in [-0.2, 0) is 4.79 Å². The van der Waals surface area contributed by atoms with Gasteiger partial charge in [0.1, 0.15) is 28.7 Å². The molecule has 2 fully saturated rings. The van der Waals surface area contributed by atoms with Crippen molar-refractivity contribution < 1.29 is 18.3 Å². The zero-order valence-corrected chi connectivity index (χ0v) is 19.8. The smallest absolute Gasteiger partial charge is 0.246 e. The van der Waals surface area contributed by atoms with Gasteiger partial charge in [-0.2, -0.15) is 0 Å². The Balaban J connectivity index is 1.45. The fraction of sp³-hybridized carbons (Fsp3) is 0.320. The standard InChI is InChI=1S/C25H24ClF2N5O2/c1-3-22(34)33-14-4-5-15(33)9-13(8-14)31-20-10-16-19(11-21(20)35-2)29-12-30-25(16)32-18-7-6-17(27)23(26)24(18)28/h3,6-7,10-15,31H,1,4-5,8-9H2,2H3,(H,29,30,32)/t13?,14-,15+. The summed E-state index contributed by atoms with van der Waals surface area (Å²) in [5.74, 6) is -0.807. The number of amides is 1. The van der Waals surface area contributed by atoms with E-state index in [4.69, 9.17) is 16.3 Å². The average Bonchev–Trinajstić information content (AvgIpc) is 3.13. The van der Waals surface area contributed by atoms with E-state index >= 15 is 0 Å². The lowest BCUT2D eigenvalue weighted by Crippen LogP contribution is -2.49. The highest BCUT2D eigenvalue weighted by Gasteiger charge is 2.42. The molecule has 3 heterocycles. The molecule has 5 rings (SSSR count). The highest BCUT2D eigenvalue weighted by Crippen LogP contribution is 2.40. The predicted octanol–water partition coefficient (Wildman–Crippen LogP) is 5.43. The molecule has 1 unspecified atom stereocenters. The lowest BCUT2D eigenvalue weighted by molar-refractivity contribution is -0.130. The first-order chi connectivity index (χ1) is 16.9. The zero-order chi connectivity index (χ0) is 24.7. The number of methoxy groups -OCH3 is 1. The summed E-state index contributed by atoms with van der Waals surface area (Å²) in [6.07, 6.45) is 6.32. The van der Waals surface area contributed by atoms with Gasteiger partial charge in [0.05, 0.1) is 24.0 Å². The molecule has 3 atom stereocenters. The van der Waals surface area contributed by atoms with Crippen LogP contribution in [0, 0.1) is 11.6 Å². The maximum Gasteiger partial charge on any atom is 0.246 e. The highest BCUT2D eigenvalue weighted by atomic mass is 35.5. The van der Waals surface area contributed by atoms with Crippen LogP contribution in [0.4, 0.5) is 26.0 Å². The van der Waals surface area contributed by atoms with E-state index < -0.39 is 16.7 Å². The van der Waals surface area contributed by atoms with Gasteiger partial charge in [-0.05, 0) is 50.0 Å². The van der Waals surface area contributed by atoms with Gasteiger partial charge >= 0.3 is 0 Å². The summed E-state index contributed by atoms with van der Waals surface area (Å²) in [7, 11) is 1.58. The summed E-state index contributed by atoms with van der Waals surface area (Å²) in [5, 5.41) is 6.51. The molecule has 10 heteroatoms. The third-order valence-electron chi connectivity index (χ3n) is 6.77. The van der Waals surface area contributed by atoms with Gasteiger partial charge in [-0.1, -0.05) is 18.2 Å². The number of nitrogens with one attached hydrogen (secondary N) is 2. The van der Waals surface area contributed by atoms with E-state index in [0.717, 1.165) is 37.4 Å². The van der Waals surface area contributed by atoms with Crippen LogP contribution in [0.3, 0.4) is 0 Å². The molecular formula is C25H24ClF2N5O2. The van der Waals surface area contributed by atoms with Crippen LogP contribution in [-0.4, -0.2) is 46.0 Å². The van der Waals surface area contributed by atoms with Crippen molar-refractivity contribution in [1.82, 2.24) is 14.9 Å². The second-order valence-corrected chi connectivity index (χ2v) is 9.17. The Morgan fingerprint density at radius 2 is 1.94 bits per heavy atom. The molecule has 2 aromatic carbocycles. The van der Waals surface area contributed by atoms with Gasteiger partial charge in [0.2, 0.25) is 5.91 Å². The summed E-state index contributed by atoms with van der Waals surface area (Å²) in [6, 6.07) is 6.48. The third kappa shape index (κ3) is 4.25. The maximum absolute atomic E-state index is 14.5. The Morgan fingerprint density at radius 3 is 2.63 bits per heavy atom. The van der Waals surface area contributed by atoms with Crippen molar-refractivity contribution in [1.29, 1.82) is 0 Å². The van der Waals surface area contributed by atoms with E-state index in [-0.39, 0.29) is 29.7 Å². The number of anilines is 3. The Kier molecular flexibility index (Phi) is 6.19. The number of benzene rings is 2. The van der Waals surface area contributed by atoms with Gasteiger partial charge in [-0.15, -0.1) is 0 Å². The quantitative estimate of drug-likeness (QED) is 0.347. The number of carbonyl (C=O) groups excluding carboxylic acids is 1. The number of nitrogens with zero attached hydrogens (tertiary/aromatic N) is 3. The Hall–Kier alpha value is -3.46. The normalized spacial score (nSPS) is 21.1. The summed E-state index contributed by atoms with van der Waals surface area (Å²) in [4.78, 5) is 22.8. The number of hydrogen-bond donors (Lipinski definition) is 2. The number of rotatable bonds is 6. The highest BCUT2D eigenvalue weighted by molar-refractivity contribution is 6.31. The molecule has 2 aliphatic heterocycles. The Bertz CT molecular complexity index is 1310. The molecule has 1 amide bonds. The largest absolute Gasteiger partial charge is 0.495 e. The molecule has 2 saturated heterocycles. The van der Waals surface area contributed by atoms with Gasteiger partial charge in [0, 0.05) is 29.6 Å². The Morgan fingerprint density at radius 1 is 1.20 bits per heavy atom. The van der Waals surface area contributed by atoms with Crippen LogP contribution in [0.15, 0.2) is 43.2 Å². The molecule has 2 N–H and O–H groups in total. The lowest BCUT2D eigenvalue weighted by atomic mass is 9.96. The van der Waals surface area contributed by atoms with Gasteiger partial charge < -0.3 is 20.3 Å². The van der Waals surface area contributed by atoms with Crippen molar-refractivity contribution in [2.24, 2.45) is 0 Å². The van der Waals surface area contributed by atoms with Crippen LogP contribution in [0.5, 0.6) is 5.75 Å². The second kappa shape index (κ2) is 9.30. The number of ether oxygens (including phenoxy) is 1. The monoisotopic (exact) mass is 499 g/mol. The SMILES string of the molecule is C=CC(=O)N1[C@@H]2CC[C@H]1CC(Nc1cc3c(Nc4ccc(F)c(Cl)c4F)ncnc3cc1OC)C2. The maximum atomic E-state index is 14.5. The van der Waals surface area contributed by atoms with Gasteiger partial charge in [0.15, 0.2) is 5.82 Å². The Labute approximate surface area is 206 Å². The average molecular weight is 500 g/mol. The molecule has 0 radical (unpaired) electrons. The van der Waals surface area contributed by atoms with Crippen LogP contribution in [0.25, 0.3) is 10.9 Å². The number of carbonyl (C=O) groups is 1. The fourth-order valence-corrected chi connectivity index (χ4v) is 5.36. The van der Waals surface area contributed by atoms with E-state index in [9.17, 15) is 13.6 Å². The summed E-state index contributed by atoms with van der Waals surface area (Å²) in [5.41, 5.74) is 1.32. The number of fused-ring (bicyclic) bond motifs is 3. The molecule has 1 aromatic heterocycles. The first-order valence-corrected chi connectivity index (χ1v) is 11.7. The first-order valence-electron chi connectivity index (χ1n) is 11.3. The first kappa shape index (κ1) is 23.3. The van der Waals surface area contributed by atoms with Gasteiger partial charge in [-0.3, -0.25) is 4.79 Å². The van der Waals surface area contributed by atoms with Gasteiger partial charge in [0.25, 0.3) is 0 Å². The van der Waals surface area contributed by atoms with E-state index in [1.807, 2.05) is 11.0 Å². The minimum Gasteiger partial charge on any atom is -0.495 e. The van der Waals surface area contributed by atoms with E-state index in [0.29, 0.717) is 22.5 Å². The van der Waals surface area contributed by atoms with Crippen LogP contribution in [0.1, 0.15) is 25.7 Å². The van der Waals surface area contributed by atoms with E-state index in [1.54, 1.807) is 13.2 Å². The van der Waals surface area contributed by atoms with Crippen LogP contribution in [0.2, 0.25) is 5.02 Å². The molecule has 2 aliphatic rings. The molecule has 0 spiro atoms. The molecule has 0 aliphatic carbocycles. The number of halogens is 3. The van der Waals surface area contributed by atoms with Crippen molar-refractivity contribution in [2.45, 2.75) is 43.8 Å². The summed E-state index contributed by atoms with van der Waals surface area (Å²) in [6.45, 7) is 3.63. The van der Waals surface area contributed by atoms with Gasteiger partial charge in [-0.25, -0.2) is 18.7 Å². The van der Waals surface area contributed by atoms with E-state index in [1.165, 1.54) is 18.5 Å². The fourth-order valence-electron chi connectivity index (χ4n) is 5.20. The van der Waals surface area contributed by atoms with Crippen LogP contribution >= 0.6 is 11.6 Å². The van der Waals surface area contributed by atoms with E-state index in [2.05, 4.69) is 27.2 Å². The lowest BCUT2D eigenvalue weighted by Gasteiger charge is -2.39. The minimum atomic E-state index is -0.901. The zero-order valence-electron chi connectivity index (χ0n) is 19.0. The summed E-state index contributed by atoms with van der Waals surface area (Å²) < 4.78 is 33.7. The van der Waals surface area contributed by atoms with Crippen molar-refractivity contribution in [2.75, 3.05) is 17.7 Å². The van der Waals surface area contributed by atoms with Crippen molar-refractivity contribution >= 4 is 45.6 Å². The number of aromatic nitrogens is 2.